The Hall–Kier alpha value is -2.41. The van der Waals surface area contributed by atoms with Crippen LogP contribution in [0.25, 0.3) is 0 Å². The maximum Gasteiger partial charge on any atom is 0.251 e. The van der Waals surface area contributed by atoms with Crippen molar-refractivity contribution in [1.82, 2.24) is 10.3 Å². The molecular weight excluding hydrogens is 326 g/mol. The first-order valence-corrected chi connectivity index (χ1v) is 8.77. The molecule has 1 aromatic carbocycles. The Kier molecular flexibility index (Phi) is 5.10. The van der Waals surface area contributed by atoms with E-state index >= 15 is 0 Å². The number of rotatable bonds is 6. The Balaban J connectivity index is 1.48. The molecule has 2 aromatic rings. The first-order valence-electron chi connectivity index (χ1n) is 7.95. The fourth-order valence-electron chi connectivity index (χ4n) is 2.54. The number of hydrogen-bond donors (Lipinski definition) is 2. The summed E-state index contributed by atoms with van der Waals surface area (Å²) in [7, 11) is 0. The number of nitrogens with zero attached hydrogens (tertiary/aromatic N) is 1. The molecule has 0 fully saturated rings. The highest BCUT2D eigenvalue weighted by Gasteiger charge is 2.18. The maximum absolute atomic E-state index is 12.0. The van der Waals surface area contributed by atoms with E-state index in [9.17, 15) is 9.59 Å². The molecule has 0 bridgehead atoms. The lowest BCUT2D eigenvalue weighted by Crippen LogP contribution is -2.32. The number of aryl methyl sites for hydroxylation is 2. The van der Waals surface area contributed by atoms with Crippen molar-refractivity contribution in [3.05, 3.63) is 40.4 Å². The molecule has 0 radical (unpaired) electrons. The number of ether oxygens (including phenoxy) is 1. The van der Waals surface area contributed by atoms with Crippen LogP contribution in [0.5, 0.6) is 5.75 Å². The molecule has 1 aliphatic rings. The third kappa shape index (κ3) is 3.91. The lowest BCUT2D eigenvalue weighted by molar-refractivity contribution is -0.115. The van der Waals surface area contributed by atoms with Gasteiger partial charge in [0, 0.05) is 10.4 Å². The summed E-state index contributed by atoms with van der Waals surface area (Å²) in [6.07, 6.45) is 3.16. The van der Waals surface area contributed by atoms with E-state index in [-0.39, 0.29) is 18.4 Å². The van der Waals surface area contributed by atoms with Crippen LogP contribution >= 0.6 is 11.3 Å². The van der Waals surface area contributed by atoms with Crippen molar-refractivity contribution in [3.8, 4) is 5.75 Å². The average molecular weight is 345 g/mol. The van der Waals surface area contributed by atoms with Gasteiger partial charge in [-0.1, -0.05) is 0 Å². The predicted molar refractivity (Wildman–Crippen MR) is 92.7 cm³/mol. The molecular formula is C17H19N3O3S. The zero-order chi connectivity index (χ0) is 16.9. The molecule has 1 heterocycles. The number of aromatic nitrogens is 1. The summed E-state index contributed by atoms with van der Waals surface area (Å²) >= 11 is 1.52. The van der Waals surface area contributed by atoms with E-state index in [2.05, 4.69) is 15.6 Å². The second-order valence-electron chi connectivity index (χ2n) is 5.43. The monoisotopic (exact) mass is 345 g/mol. The standard InChI is InChI=1S/C17H19N3O3S/c1-2-23-12-8-6-11(7-9-12)16(22)18-10-15(21)20-17-19-13-4-3-5-14(13)24-17/h6-9H,2-5,10H2,1H3,(H,18,22)(H,19,20,21). The minimum atomic E-state index is -0.296. The van der Waals surface area contributed by atoms with E-state index in [0.29, 0.717) is 23.1 Å². The van der Waals surface area contributed by atoms with Gasteiger partial charge in [-0.2, -0.15) is 0 Å². The van der Waals surface area contributed by atoms with Crippen LogP contribution in [0.3, 0.4) is 0 Å². The average Bonchev–Trinajstić information content (AvgIpc) is 3.15. The van der Waals surface area contributed by atoms with Crippen molar-refractivity contribution in [2.24, 2.45) is 0 Å². The van der Waals surface area contributed by atoms with Gasteiger partial charge in [-0.25, -0.2) is 4.98 Å². The SMILES string of the molecule is CCOc1ccc(C(=O)NCC(=O)Nc2nc3c(s2)CCC3)cc1. The number of thiazole rings is 1. The number of amides is 2. The minimum absolute atomic E-state index is 0.0870. The summed E-state index contributed by atoms with van der Waals surface area (Å²) in [5.74, 6) is 0.139. The van der Waals surface area contributed by atoms with E-state index in [1.807, 2.05) is 6.92 Å². The normalized spacial score (nSPS) is 12.5. The molecule has 0 saturated heterocycles. The Bertz CT molecular complexity index is 719. The number of anilines is 1. The van der Waals surface area contributed by atoms with Gasteiger partial charge in [-0.15, -0.1) is 11.3 Å². The lowest BCUT2D eigenvalue weighted by atomic mass is 10.2. The first-order chi connectivity index (χ1) is 11.7. The molecule has 0 unspecified atom stereocenters. The number of nitrogens with one attached hydrogen (secondary N) is 2. The fourth-order valence-corrected chi connectivity index (χ4v) is 3.61. The van der Waals surface area contributed by atoms with Gasteiger partial charge in [0.15, 0.2) is 5.13 Å². The number of carbonyl (C=O) groups excluding carboxylic acids is 2. The quantitative estimate of drug-likeness (QED) is 0.842. The third-order valence-corrected chi connectivity index (χ3v) is 4.75. The Morgan fingerprint density at radius 3 is 2.75 bits per heavy atom. The fraction of sp³-hybridized carbons (Fsp3) is 0.353. The van der Waals surface area contributed by atoms with E-state index < -0.39 is 0 Å². The van der Waals surface area contributed by atoms with Crippen LogP contribution in [0.1, 0.15) is 34.3 Å². The Labute approximate surface area is 144 Å². The van der Waals surface area contributed by atoms with Gasteiger partial charge in [0.25, 0.3) is 5.91 Å². The van der Waals surface area contributed by atoms with Gasteiger partial charge < -0.3 is 15.4 Å². The van der Waals surface area contributed by atoms with Gasteiger partial charge in [-0.3, -0.25) is 9.59 Å². The van der Waals surface area contributed by atoms with Crippen molar-refractivity contribution >= 4 is 28.3 Å². The van der Waals surface area contributed by atoms with Crippen molar-refractivity contribution in [2.45, 2.75) is 26.2 Å². The molecule has 2 N–H and O–H groups in total. The maximum atomic E-state index is 12.0. The minimum Gasteiger partial charge on any atom is -0.494 e. The number of benzene rings is 1. The molecule has 0 aliphatic heterocycles. The Morgan fingerprint density at radius 1 is 1.25 bits per heavy atom. The van der Waals surface area contributed by atoms with Gasteiger partial charge in [-0.05, 0) is 50.5 Å². The predicted octanol–water partition coefficient (Wildman–Crippen LogP) is 2.40. The molecule has 2 amide bonds. The van der Waals surface area contributed by atoms with Crippen LogP contribution in [-0.2, 0) is 17.6 Å². The van der Waals surface area contributed by atoms with Crippen molar-refractivity contribution in [1.29, 1.82) is 0 Å². The molecule has 24 heavy (non-hydrogen) atoms. The third-order valence-electron chi connectivity index (χ3n) is 3.68. The molecule has 1 aromatic heterocycles. The number of hydrogen-bond acceptors (Lipinski definition) is 5. The van der Waals surface area contributed by atoms with Crippen LogP contribution in [0.4, 0.5) is 5.13 Å². The second-order valence-corrected chi connectivity index (χ2v) is 6.51. The topological polar surface area (TPSA) is 80.3 Å². The summed E-state index contributed by atoms with van der Waals surface area (Å²) in [5, 5.41) is 5.95. The van der Waals surface area contributed by atoms with Gasteiger partial charge in [0.05, 0.1) is 18.8 Å². The van der Waals surface area contributed by atoms with Crippen LogP contribution in [0.15, 0.2) is 24.3 Å². The summed E-state index contributed by atoms with van der Waals surface area (Å²) in [5.41, 5.74) is 1.58. The van der Waals surface area contributed by atoms with Crippen LogP contribution < -0.4 is 15.4 Å². The first kappa shape index (κ1) is 16.4. The Morgan fingerprint density at radius 2 is 2.04 bits per heavy atom. The highest BCUT2D eigenvalue weighted by molar-refractivity contribution is 7.15. The lowest BCUT2D eigenvalue weighted by Gasteiger charge is -2.06. The molecule has 0 saturated carbocycles. The zero-order valence-corrected chi connectivity index (χ0v) is 14.2. The highest BCUT2D eigenvalue weighted by atomic mass is 32.1. The van der Waals surface area contributed by atoms with Crippen LogP contribution in [0.2, 0.25) is 0 Å². The van der Waals surface area contributed by atoms with Gasteiger partial charge in [0.1, 0.15) is 5.75 Å². The summed E-state index contributed by atoms with van der Waals surface area (Å²) < 4.78 is 5.33. The van der Waals surface area contributed by atoms with Crippen molar-refractivity contribution < 1.29 is 14.3 Å². The van der Waals surface area contributed by atoms with E-state index in [4.69, 9.17) is 4.74 Å². The molecule has 3 rings (SSSR count). The molecule has 1 aliphatic carbocycles. The number of carbonyl (C=O) groups is 2. The highest BCUT2D eigenvalue weighted by Crippen LogP contribution is 2.30. The van der Waals surface area contributed by atoms with E-state index in [1.165, 1.54) is 16.2 Å². The van der Waals surface area contributed by atoms with Gasteiger partial charge >= 0.3 is 0 Å². The molecule has 7 heteroatoms. The zero-order valence-electron chi connectivity index (χ0n) is 13.4. The summed E-state index contributed by atoms with van der Waals surface area (Å²) in [4.78, 5) is 29.6. The van der Waals surface area contributed by atoms with Crippen molar-refractivity contribution in [2.75, 3.05) is 18.5 Å². The van der Waals surface area contributed by atoms with Crippen molar-refractivity contribution in [3.63, 3.8) is 0 Å². The number of fused-ring (bicyclic) bond motifs is 1. The molecule has 6 nitrogen and oxygen atoms in total. The molecule has 126 valence electrons. The molecule has 0 spiro atoms. The smallest absolute Gasteiger partial charge is 0.251 e. The van der Waals surface area contributed by atoms with Gasteiger partial charge in [0.2, 0.25) is 5.91 Å². The summed E-state index contributed by atoms with van der Waals surface area (Å²) in [6.45, 7) is 2.39. The van der Waals surface area contributed by atoms with Crippen LogP contribution in [0, 0.1) is 0 Å². The largest absolute Gasteiger partial charge is 0.494 e. The second kappa shape index (κ2) is 7.44. The molecule has 0 atom stereocenters. The summed E-state index contributed by atoms with van der Waals surface area (Å²) in [6, 6.07) is 6.80. The van der Waals surface area contributed by atoms with Crippen LogP contribution in [-0.4, -0.2) is 29.9 Å². The van der Waals surface area contributed by atoms with E-state index in [1.54, 1.807) is 24.3 Å². The van der Waals surface area contributed by atoms with E-state index in [0.717, 1.165) is 25.0 Å².